The number of nitrogens with zero attached hydrogens (tertiary/aromatic N) is 2. The van der Waals surface area contributed by atoms with Gasteiger partial charge in [-0.25, -0.2) is 5.43 Å². The van der Waals surface area contributed by atoms with Crippen LogP contribution >= 0.6 is 0 Å². The minimum atomic E-state index is -0.589. The van der Waals surface area contributed by atoms with Crippen LogP contribution in [-0.2, 0) is 4.79 Å². The average molecular weight is 389 g/mol. The number of carbonyl (C=O) groups excluding carboxylic acids is 1. The number of ether oxygens (including phenoxy) is 4. The van der Waals surface area contributed by atoms with Crippen molar-refractivity contribution >= 4 is 17.8 Å². The maximum atomic E-state index is 11.9. The standard InChI is InChI=1S/C18H19N3O7/c1-25-15-9-17(27-3)16(26-2)8-12(15)10-19-20-18(22)11-28-14-7-5-4-6-13(14)21(23)24/h4-10H,11H2,1-3H3,(H,20,22)/b19-10+. The zero-order chi connectivity index (χ0) is 20.5. The molecule has 2 aromatic carbocycles. The molecule has 0 fully saturated rings. The lowest BCUT2D eigenvalue weighted by atomic mass is 10.2. The van der Waals surface area contributed by atoms with E-state index in [2.05, 4.69) is 10.5 Å². The molecule has 0 aromatic heterocycles. The van der Waals surface area contributed by atoms with Gasteiger partial charge in [0.25, 0.3) is 5.91 Å². The molecule has 148 valence electrons. The molecule has 2 rings (SSSR count). The second kappa shape index (κ2) is 9.76. The summed E-state index contributed by atoms with van der Waals surface area (Å²) in [6.07, 6.45) is 1.36. The lowest BCUT2D eigenvalue weighted by molar-refractivity contribution is -0.385. The second-order valence-corrected chi connectivity index (χ2v) is 5.26. The fraction of sp³-hybridized carbons (Fsp3) is 0.222. The number of hydrogen-bond donors (Lipinski definition) is 1. The number of nitrogens with one attached hydrogen (secondary N) is 1. The number of methoxy groups -OCH3 is 3. The third kappa shape index (κ3) is 5.10. The van der Waals surface area contributed by atoms with E-state index in [4.69, 9.17) is 18.9 Å². The van der Waals surface area contributed by atoms with Crippen LogP contribution in [0.2, 0.25) is 0 Å². The highest BCUT2D eigenvalue weighted by Gasteiger charge is 2.15. The molecule has 10 heteroatoms. The average Bonchev–Trinajstić information content (AvgIpc) is 2.71. The molecule has 1 amide bonds. The fourth-order valence-corrected chi connectivity index (χ4v) is 2.23. The van der Waals surface area contributed by atoms with Gasteiger partial charge in [0.05, 0.1) is 32.5 Å². The van der Waals surface area contributed by atoms with Crippen molar-refractivity contribution in [1.29, 1.82) is 0 Å². The summed E-state index contributed by atoms with van der Waals surface area (Å²) in [5.41, 5.74) is 2.59. The summed E-state index contributed by atoms with van der Waals surface area (Å²) in [5, 5.41) is 14.8. The van der Waals surface area contributed by atoms with E-state index >= 15 is 0 Å². The predicted octanol–water partition coefficient (Wildman–Crippen LogP) is 2.15. The SMILES string of the molecule is COc1cc(OC)c(OC)cc1/C=N/NC(=O)COc1ccccc1[N+](=O)[O-]. The largest absolute Gasteiger partial charge is 0.496 e. The van der Waals surface area contributed by atoms with Crippen molar-refractivity contribution in [3.8, 4) is 23.0 Å². The quantitative estimate of drug-likeness (QED) is 0.396. The van der Waals surface area contributed by atoms with E-state index < -0.39 is 17.4 Å². The summed E-state index contributed by atoms with van der Waals surface area (Å²) in [4.78, 5) is 22.2. The van der Waals surface area contributed by atoms with Crippen molar-refractivity contribution in [2.45, 2.75) is 0 Å². The Morgan fingerprint density at radius 2 is 1.71 bits per heavy atom. The Kier molecular flexibility index (Phi) is 7.14. The first-order valence-electron chi connectivity index (χ1n) is 7.98. The number of rotatable bonds is 9. The van der Waals surface area contributed by atoms with Crippen LogP contribution in [0.25, 0.3) is 0 Å². The third-order valence-electron chi connectivity index (χ3n) is 3.55. The van der Waals surface area contributed by atoms with Crippen molar-refractivity contribution in [3.05, 3.63) is 52.1 Å². The van der Waals surface area contributed by atoms with E-state index in [1.54, 1.807) is 18.2 Å². The van der Waals surface area contributed by atoms with Gasteiger partial charge in [-0.1, -0.05) is 12.1 Å². The molecule has 0 aliphatic heterocycles. The Hall–Kier alpha value is -3.82. The second-order valence-electron chi connectivity index (χ2n) is 5.26. The number of hydrogen-bond acceptors (Lipinski definition) is 8. The van der Waals surface area contributed by atoms with E-state index in [1.165, 1.54) is 45.7 Å². The van der Waals surface area contributed by atoms with Gasteiger partial charge in [0.2, 0.25) is 0 Å². The summed E-state index contributed by atoms with van der Waals surface area (Å²) in [6, 6.07) is 9.03. The summed E-state index contributed by atoms with van der Waals surface area (Å²) in [6.45, 7) is -0.439. The first-order chi connectivity index (χ1) is 13.5. The van der Waals surface area contributed by atoms with Crippen molar-refractivity contribution in [3.63, 3.8) is 0 Å². The predicted molar refractivity (Wildman–Crippen MR) is 100 cm³/mol. The summed E-state index contributed by atoms with van der Waals surface area (Å²) in [7, 11) is 4.48. The van der Waals surface area contributed by atoms with E-state index in [0.717, 1.165) is 0 Å². The van der Waals surface area contributed by atoms with Crippen LogP contribution in [0.4, 0.5) is 5.69 Å². The van der Waals surface area contributed by atoms with E-state index in [9.17, 15) is 14.9 Å². The molecular formula is C18H19N3O7. The van der Waals surface area contributed by atoms with E-state index in [0.29, 0.717) is 22.8 Å². The van der Waals surface area contributed by atoms with Gasteiger partial charge in [-0.3, -0.25) is 14.9 Å². The van der Waals surface area contributed by atoms with Crippen LogP contribution in [-0.4, -0.2) is 45.0 Å². The molecule has 2 aromatic rings. The van der Waals surface area contributed by atoms with Crippen molar-refractivity contribution in [1.82, 2.24) is 5.43 Å². The Morgan fingerprint density at radius 3 is 2.36 bits per heavy atom. The van der Waals surface area contributed by atoms with Crippen LogP contribution < -0.4 is 24.4 Å². The molecule has 0 atom stereocenters. The van der Waals surface area contributed by atoms with Crippen molar-refractivity contribution in [2.24, 2.45) is 5.10 Å². The van der Waals surface area contributed by atoms with Gasteiger partial charge in [-0.2, -0.15) is 5.10 Å². The highest BCUT2D eigenvalue weighted by molar-refractivity contribution is 5.86. The molecule has 0 spiro atoms. The molecule has 0 unspecified atom stereocenters. The molecule has 0 heterocycles. The number of amides is 1. The van der Waals surface area contributed by atoms with Crippen LogP contribution in [0.1, 0.15) is 5.56 Å². The smallest absolute Gasteiger partial charge is 0.310 e. The van der Waals surface area contributed by atoms with Gasteiger partial charge >= 0.3 is 5.69 Å². The van der Waals surface area contributed by atoms with Gasteiger partial charge in [0.1, 0.15) is 5.75 Å². The minimum Gasteiger partial charge on any atom is -0.496 e. The van der Waals surface area contributed by atoms with E-state index in [-0.39, 0.29) is 11.4 Å². The highest BCUT2D eigenvalue weighted by atomic mass is 16.6. The molecule has 28 heavy (non-hydrogen) atoms. The normalized spacial score (nSPS) is 10.4. The minimum absolute atomic E-state index is 0.00631. The zero-order valence-corrected chi connectivity index (χ0v) is 15.5. The molecule has 0 bridgehead atoms. The molecule has 0 aliphatic carbocycles. The molecule has 0 aliphatic rings. The van der Waals surface area contributed by atoms with Crippen LogP contribution in [0.3, 0.4) is 0 Å². The molecule has 0 radical (unpaired) electrons. The summed E-state index contributed by atoms with van der Waals surface area (Å²) < 4.78 is 20.9. The highest BCUT2D eigenvalue weighted by Crippen LogP contribution is 2.33. The third-order valence-corrected chi connectivity index (χ3v) is 3.55. The lowest BCUT2D eigenvalue weighted by Crippen LogP contribution is -2.24. The number of para-hydroxylation sites is 2. The van der Waals surface area contributed by atoms with Gasteiger partial charge in [-0.15, -0.1) is 0 Å². The molecule has 0 saturated heterocycles. The number of nitro groups is 1. The Labute approximate surface area is 160 Å². The number of carbonyl (C=O) groups is 1. The number of hydrazone groups is 1. The van der Waals surface area contributed by atoms with Crippen molar-refractivity contribution in [2.75, 3.05) is 27.9 Å². The Morgan fingerprint density at radius 1 is 1.07 bits per heavy atom. The molecule has 0 saturated carbocycles. The summed E-state index contributed by atoms with van der Waals surface area (Å²) >= 11 is 0. The monoisotopic (exact) mass is 389 g/mol. The Balaban J connectivity index is 2.01. The maximum Gasteiger partial charge on any atom is 0.310 e. The Bertz CT molecular complexity index is 883. The molecule has 10 nitrogen and oxygen atoms in total. The lowest BCUT2D eigenvalue weighted by Gasteiger charge is -2.11. The van der Waals surface area contributed by atoms with Crippen molar-refractivity contribution < 1.29 is 28.7 Å². The number of nitro benzene ring substituents is 1. The maximum absolute atomic E-state index is 11.9. The van der Waals surface area contributed by atoms with Crippen LogP contribution in [0.15, 0.2) is 41.5 Å². The first kappa shape index (κ1) is 20.5. The van der Waals surface area contributed by atoms with E-state index in [1.807, 2.05) is 0 Å². The summed E-state index contributed by atoms with van der Waals surface area (Å²) in [5.74, 6) is 0.822. The fourth-order valence-electron chi connectivity index (χ4n) is 2.23. The number of benzene rings is 2. The van der Waals surface area contributed by atoms with Gasteiger partial charge in [0.15, 0.2) is 23.9 Å². The van der Waals surface area contributed by atoms with Gasteiger partial charge in [-0.05, 0) is 12.1 Å². The zero-order valence-electron chi connectivity index (χ0n) is 15.5. The van der Waals surface area contributed by atoms with Gasteiger partial charge < -0.3 is 18.9 Å². The molecule has 1 N–H and O–H groups in total. The topological polar surface area (TPSA) is 122 Å². The molecular weight excluding hydrogens is 370 g/mol. The van der Waals surface area contributed by atoms with Crippen LogP contribution in [0, 0.1) is 10.1 Å². The van der Waals surface area contributed by atoms with Crippen LogP contribution in [0.5, 0.6) is 23.0 Å². The first-order valence-corrected chi connectivity index (χ1v) is 7.98. The van der Waals surface area contributed by atoms with Gasteiger partial charge in [0, 0.05) is 17.7 Å².